The number of nitrogens with zero attached hydrogens (tertiary/aromatic N) is 2. The summed E-state index contributed by atoms with van der Waals surface area (Å²) < 4.78 is 2.60. The van der Waals surface area contributed by atoms with Crippen LogP contribution in [0.1, 0.15) is 53.5 Å². The molecule has 0 saturated carbocycles. The van der Waals surface area contributed by atoms with E-state index in [1.165, 1.54) is 5.56 Å². The van der Waals surface area contributed by atoms with Gasteiger partial charge in [-0.3, -0.25) is 4.79 Å². The Morgan fingerprint density at radius 1 is 1.40 bits per heavy atom. The molecule has 1 atom stereocenters. The molecule has 0 amide bonds. The molecule has 1 unspecified atom stereocenters. The second-order valence-electron chi connectivity index (χ2n) is 5.12. The molecule has 0 aliphatic carbocycles. The van der Waals surface area contributed by atoms with Crippen molar-refractivity contribution < 1.29 is 4.79 Å². The van der Waals surface area contributed by atoms with Gasteiger partial charge in [-0.05, 0) is 72.5 Å². The van der Waals surface area contributed by atoms with Gasteiger partial charge in [-0.15, -0.1) is 0 Å². The van der Waals surface area contributed by atoms with Gasteiger partial charge in [0.25, 0.3) is 5.91 Å². The normalized spacial score (nSPS) is 12.4. The van der Waals surface area contributed by atoms with Crippen molar-refractivity contribution in [1.82, 2.24) is 9.78 Å². The predicted molar refractivity (Wildman–Crippen MR) is 89.3 cm³/mol. The van der Waals surface area contributed by atoms with E-state index in [9.17, 15) is 4.79 Å². The molecule has 20 heavy (non-hydrogen) atoms. The van der Waals surface area contributed by atoms with E-state index in [2.05, 4.69) is 41.5 Å². The molecule has 0 bridgehead atoms. The lowest BCUT2D eigenvalue weighted by Gasteiger charge is -2.09. The van der Waals surface area contributed by atoms with Gasteiger partial charge >= 0.3 is 0 Å². The van der Waals surface area contributed by atoms with Crippen LogP contribution in [0.3, 0.4) is 0 Å². The van der Waals surface area contributed by atoms with Gasteiger partial charge in [-0.1, -0.05) is 19.9 Å². The van der Waals surface area contributed by atoms with Crippen LogP contribution >= 0.6 is 22.6 Å². The molecule has 0 radical (unpaired) electrons. The van der Waals surface area contributed by atoms with E-state index < -0.39 is 0 Å². The Kier molecular flexibility index (Phi) is 4.62. The Balaban J connectivity index is 2.46. The lowest BCUT2D eigenvalue weighted by molar-refractivity contribution is 0.0942. The molecule has 1 aromatic heterocycles. The highest BCUT2D eigenvalue weighted by Crippen LogP contribution is 2.26. The Morgan fingerprint density at radius 2 is 2.10 bits per heavy atom. The Bertz CT molecular complexity index is 646. The maximum Gasteiger partial charge on any atom is 0.278 e. The van der Waals surface area contributed by atoms with E-state index in [0.717, 1.165) is 21.4 Å². The topological polar surface area (TPSA) is 34.9 Å². The van der Waals surface area contributed by atoms with Crippen LogP contribution in [0.25, 0.3) is 0 Å². The smallest absolute Gasteiger partial charge is 0.267 e. The van der Waals surface area contributed by atoms with Crippen LogP contribution in [0.4, 0.5) is 0 Å². The van der Waals surface area contributed by atoms with Crippen molar-refractivity contribution in [3.63, 3.8) is 0 Å². The zero-order valence-corrected chi connectivity index (χ0v) is 14.4. The fourth-order valence-electron chi connectivity index (χ4n) is 2.51. The van der Waals surface area contributed by atoms with Crippen LogP contribution in [-0.4, -0.2) is 15.7 Å². The fourth-order valence-corrected chi connectivity index (χ4v) is 3.06. The van der Waals surface area contributed by atoms with Gasteiger partial charge in [0.15, 0.2) is 0 Å². The average molecular weight is 382 g/mol. The lowest BCUT2D eigenvalue weighted by atomic mass is 9.97. The number of halogens is 1. The second-order valence-corrected chi connectivity index (χ2v) is 6.37. The standard InChI is InChI=1S/C16H19IN2O/c1-5-10(2)15-11(3)18-19(12(15)4)16(20)13-7-6-8-14(17)9-13/h6-10H,5H2,1-4H3. The van der Waals surface area contributed by atoms with Crippen LogP contribution in [0, 0.1) is 17.4 Å². The average Bonchev–Trinajstić information content (AvgIpc) is 2.72. The highest BCUT2D eigenvalue weighted by molar-refractivity contribution is 14.1. The highest BCUT2D eigenvalue weighted by Gasteiger charge is 2.20. The monoisotopic (exact) mass is 382 g/mol. The fraction of sp³-hybridized carbons (Fsp3) is 0.375. The molecule has 2 rings (SSSR count). The van der Waals surface area contributed by atoms with Crippen LogP contribution in [-0.2, 0) is 0 Å². The molecule has 4 heteroatoms. The summed E-state index contributed by atoms with van der Waals surface area (Å²) in [5.41, 5.74) is 3.79. The maximum absolute atomic E-state index is 12.6. The summed E-state index contributed by atoms with van der Waals surface area (Å²) in [6.45, 7) is 8.29. The summed E-state index contributed by atoms with van der Waals surface area (Å²) in [7, 11) is 0. The summed E-state index contributed by atoms with van der Waals surface area (Å²) in [4.78, 5) is 12.6. The Morgan fingerprint density at radius 3 is 2.70 bits per heavy atom. The minimum atomic E-state index is -0.0568. The maximum atomic E-state index is 12.6. The molecule has 3 nitrogen and oxygen atoms in total. The van der Waals surface area contributed by atoms with Crippen molar-refractivity contribution in [2.75, 3.05) is 0 Å². The molecule has 2 aromatic rings. The first-order chi connectivity index (χ1) is 9.45. The number of aromatic nitrogens is 2. The van der Waals surface area contributed by atoms with Gasteiger partial charge in [-0.25, -0.2) is 4.68 Å². The summed E-state index contributed by atoms with van der Waals surface area (Å²) in [6, 6.07) is 7.60. The van der Waals surface area contributed by atoms with Crippen molar-refractivity contribution in [2.45, 2.75) is 40.0 Å². The molecule has 0 saturated heterocycles. The summed E-state index contributed by atoms with van der Waals surface area (Å²) in [6.07, 6.45) is 1.05. The molecule has 1 heterocycles. The molecular formula is C16H19IN2O. The summed E-state index contributed by atoms with van der Waals surface area (Å²) in [5.74, 6) is 0.367. The number of carbonyl (C=O) groups is 1. The van der Waals surface area contributed by atoms with E-state index in [1.54, 1.807) is 4.68 Å². The number of carbonyl (C=O) groups excluding carboxylic acids is 1. The minimum absolute atomic E-state index is 0.0568. The zero-order chi connectivity index (χ0) is 14.9. The zero-order valence-electron chi connectivity index (χ0n) is 12.3. The van der Waals surface area contributed by atoms with Gasteiger partial charge in [0.2, 0.25) is 0 Å². The van der Waals surface area contributed by atoms with Crippen LogP contribution in [0.2, 0.25) is 0 Å². The summed E-state index contributed by atoms with van der Waals surface area (Å²) in [5, 5.41) is 4.45. The first-order valence-corrected chi connectivity index (χ1v) is 7.90. The van der Waals surface area contributed by atoms with Crippen LogP contribution in [0.15, 0.2) is 24.3 Å². The Hall–Kier alpha value is -1.17. The first kappa shape index (κ1) is 15.2. The first-order valence-electron chi connectivity index (χ1n) is 6.82. The van der Waals surface area contributed by atoms with Crippen LogP contribution < -0.4 is 0 Å². The van der Waals surface area contributed by atoms with E-state index in [1.807, 2.05) is 38.1 Å². The SMILES string of the molecule is CCC(C)c1c(C)nn(C(=O)c2cccc(I)c2)c1C. The van der Waals surface area contributed by atoms with Crippen LogP contribution in [0.5, 0.6) is 0 Å². The number of benzene rings is 1. The van der Waals surface area contributed by atoms with Crippen molar-refractivity contribution in [1.29, 1.82) is 0 Å². The molecule has 0 fully saturated rings. The van der Waals surface area contributed by atoms with Gasteiger partial charge in [-0.2, -0.15) is 5.10 Å². The molecule has 0 aliphatic heterocycles. The van der Waals surface area contributed by atoms with E-state index in [-0.39, 0.29) is 5.91 Å². The largest absolute Gasteiger partial charge is 0.278 e. The van der Waals surface area contributed by atoms with E-state index in [0.29, 0.717) is 11.5 Å². The van der Waals surface area contributed by atoms with Gasteiger partial charge in [0, 0.05) is 14.8 Å². The number of hydrogen-bond donors (Lipinski definition) is 0. The molecule has 0 N–H and O–H groups in total. The summed E-state index contributed by atoms with van der Waals surface area (Å²) >= 11 is 2.21. The van der Waals surface area contributed by atoms with Gasteiger partial charge < -0.3 is 0 Å². The van der Waals surface area contributed by atoms with E-state index >= 15 is 0 Å². The predicted octanol–water partition coefficient (Wildman–Crippen LogP) is 4.31. The number of aryl methyl sites for hydroxylation is 1. The quantitative estimate of drug-likeness (QED) is 0.742. The van der Waals surface area contributed by atoms with Crippen molar-refractivity contribution >= 4 is 28.5 Å². The van der Waals surface area contributed by atoms with Gasteiger partial charge in [0.05, 0.1) is 5.69 Å². The highest BCUT2D eigenvalue weighted by atomic mass is 127. The molecule has 0 aliphatic rings. The third-order valence-electron chi connectivity index (χ3n) is 3.72. The molecule has 1 aromatic carbocycles. The van der Waals surface area contributed by atoms with Crippen molar-refractivity contribution in [2.24, 2.45) is 0 Å². The van der Waals surface area contributed by atoms with Crippen molar-refractivity contribution in [3.8, 4) is 0 Å². The number of hydrogen-bond acceptors (Lipinski definition) is 2. The molecule has 0 spiro atoms. The number of rotatable bonds is 3. The van der Waals surface area contributed by atoms with Gasteiger partial charge in [0.1, 0.15) is 0 Å². The Labute approximate surface area is 133 Å². The third kappa shape index (κ3) is 2.80. The van der Waals surface area contributed by atoms with Crippen molar-refractivity contribution in [3.05, 3.63) is 50.4 Å². The lowest BCUT2D eigenvalue weighted by Crippen LogP contribution is -2.15. The molecular weight excluding hydrogens is 363 g/mol. The minimum Gasteiger partial charge on any atom is -0.267 e. The second kappa shape index (κ2) is 6.08. The molecule has 106 valence electrons. The van der Waals surface area contributed by atoms with E-state index in [4.69, 9.17) is 0 Å². The third-order valence-corrected chi connectivity index (χ3v) is 4.39.